The van der Waals surface area contributed by atoms with E-state index in [1.165, 1.54) is 0 Å². The summed E-state index contributed by atoms with van der Waals surface area (Å²) in [4.78, 5) is 16.2. The topological polar surface area (TPSA) is 63.2 Å². The van der Waals surface area contributed by atoms with Crippen LogP contribution in [-0.4, -0.2) is 23.2 Å². The fourth-order valence-electron chi connectivity index (χ4n) is 2.85. The van der Waals surface area contributed by atoms with E-state index in [4.69, 9.17) is 27.9 Å². The van der Waals surface area contributed by atoms with Crippen molar-refractivity contribution in [3.05, 3.63) is 52.6 Å². The molecule has 1 aromatic heterocycles. The van der Waals surface area contributed by atoms with Crippen molar-refractivity contribution in [2.24, 2.45) is 0 Å². The molecule has 0 atom stereocenters. The van der Waals surface area contributed by atoms with Crippen molar-refractivity contribution in [1.29, 1.82) is 0 Å². The molecule has 1 saturated carbocycles. The number of ether oxygens (including phenoxy) is 1. The van der Waals surface area contributed by atoms with Crippen LogP contribution in [0.15, 0.2) is 42.6 Å². The highest BCUT2D eigenvalue weighted by atomic mass is 35.5. The molecule has 1 aliphatic rings. The maximum atomic E-state index is 12.1. The van der Waals surface area contributed by atoms with E-state index in [2.05, 4.69) is 15.6 Å². The van der Waals surface area contributed by atoms with Crippen LogP contribution in [0.2, 0.25) is 10.0 Å². The number of pyridine rings is 1. The predicted octanol–water partition coefficient (Wildman–Crippen LogP) is 4.90. The second kappa shape index (κ2) is 8.41. The summed E-state index contributed by atoms with van der Waals surface area (Å²) in [5, 5.41) is 6.97. The molecule has 132 valence electrons. The van der Waals surface area contributed by atoms with E-state index in [1.54, 1.807) is 42.6 Å². The Hall–Kier alpha value is -1.98. The van der Waals surface area contributed by atoms with E-state index in [0.717, 1.165) is 25.7 Å². The van der Waals surface area contributed by atoms with Gasteiger partial charge in [-0.25, -0.2) is 9.78 Å². The third-order valence-corrected chi connectivity index (χ3v) is 4.54. The first-order chi connectivity index (χ1) is 12.1. The average Bonchev–Trinajstić information content (AvgIpc) is 2.59. The van der Waals surface area contributed by atoms with Crippen LogP contribution in [0.5, 0.6) is 5.88 Å². The van der Waals surface area contributed by atoms with Crippen molar-refractivity contribution >= 4 is 34.9 Å². The Kier molecular flexibility index (Phi) is 6.00. The molecular weight excluding hydrogens is 361 g/mol. The first-order valence-corrected chi connectivity index (χ1v) is 8.95. The number of benzene rings is 1. The summed E-state index contributed by atoms with van der Waals surface area (Å²) in [5.74, 6) is 0.583. The molecule has 0 aliphatic heterocycles. The molecule has 1 aliphatic carbocycles. The number of carbonyl (C=O) groups is 1. The minimum absolute atomic E-state index is 0.114. The van der Waals surface area contributed by atoms with E-state index in [1.807, 2.05) is 0 Å². The van der Waals surface area contributed by atoms with E-state index in [-0.39, 0.29) is 18.2 Å². The number of nitrogens with zero attached hydrogens (tertiary/aromatic N) is 1. The summed E-state index contributed by atoms with van der Waals surface area (Å²) in [5.41, 5.74) is 0.677. The van der Waals surface area contributed by atoms with Crippen LogP contribution < -0.4 is 15.4 Å². The molecule has 1 aromatic carbocycles. The smallest absolute Gasteiger partial charge is 0.319 e. The molecule has 25 heavy (non-hydrogen) atoms. The van der Waals surface area contributed by atoms with Crippen molar-refractivity contribution in [2.75, 3.05) is 5.32 Å². The Morgan fingerprint density at radius 1 is 1.08 bits per heavy atom. The summed E-state index contributed by atoms with van der Waals surface area (Å²) in [6.45, 7) is 0. The molecule has 1 fully saturated rings. The van der Waals surface area contributed by atoms with E-state index in [9.17, 15) is 4.79 Å². The van der Waals surface area contributed by atoms with Crippen molar-refractivity contribution in [2.45, 2.75) is 37.8 Å². The van der Waals surface area contributed by atoms with Gasteiger partial charge in [-0.2, -0.15) is 0 Å². The maximum absolute atomic E-state index is 12.1. The van der Waals surface area contributed by atoms with Gasteiger partial charge in [0.1, 0.15) is 6.10 Å². The number of anilines is 1. The Morgan fingerprint density at radius 3 is 2.56 bits per heavy atom. The third kappa shape index (κ3) is 5.51. The molecule has 2 aromatic rings. The largest absolute Gasteiger partial charge is 0.474 e. The molecule has 0 bridgehead atoms. The van der Waals surface area contributed by atoms with Gasteiger partial charge in [0.05, 0.1) is 5.02 Å². The second-order valence-corrected chi connectivity index (χ2v) is 6.89. The summed E-state index contributed by atoms with van der Waals surface area (Å²) >= 11 is 11.7. The molecule has 0 saturated heterocycles. The summed E-state index contributed by atoms with van der Waals surface area (Å²) in [7, 11) is 0. The third-order valence-electron chi connectivity index (χ3n) is 4.08. The van der Waals surface area contributed by atoms with Gasteiger partial charge >= 0.3 is 6.03 Å². The minimum atomic E-state index is -0.217. The quantitative estimate of drug-likeness (QED) is 0.793. The highest BCUT2D eigenvalue weighted by Crippen LogP contribution is 2.23. The fourth-order valence-corrected chi connectivity index (χ4v) is 3.15. The fraction of sp³-hybridized carbons (Fsp3) is 0.333. The van der Waals surface area contributed by atoms with Gasteiger partial charge in [-0.15, -0.1) is 0 Å². The number of carbonyl (C=O) groups excluding carboxylic acids is 1. The molecule has 2 amide bonds. The van der Waals surface area contributed by atoms with Gasteiger partial charge < -0.3 is 15.4 Å². The molecule has 7 heteroatoms. The van der Waals surface area contributed by atoms with Crippen LogP contribution in [-0.2, 0) is 0 Å². The average molecular weight is 380 g/mol. The van der Waals surface area contributed by atoms with Crippen molar-refractivity contribution in [3.8, 4) is 5.88 Å². The normalized spacial score (nSPS) is 19.9. The molecule has 0 radical (unpaired) electrons. The van der Waals surface area contributed by atoms with Crippen LogP contribution in [0.4, 0.5) is 10.5 Å². The zero-order chi connectivity index (χ0) is 17.6. The van der Waals surface area contributed by atoms with Crippen LogP contribution in [0.3, 0.4) is 0 Å². The SMILES string of the molecule is O=C(Nc1cccc(Cl)c1)NC1CCC(Oc2ccc(Cl)cn2)CC1. The summed E-state index contributed by atoms with van der Waals surface area (Å²) in [6, 6.07) is 10.5. The highest BCUT2D eigenvalue weighted by Gasteiger charge is 2.24. The molecule has 0 spiro atoms. The lowest BCUT2D eigenvalue weighted by Crippen LogP contribution is -2.41. The van der Waals surface area contributed by atoms with Crippen LogP contribution in [0.25, 0.3) is 0 Å². The van der Waals surface area contributed by atoms with E-state index < -0.39 is 0 Å². The first-order valence-electron chi connectivity index (χ1n) is 8.20. The van der Waals surface area contributed by atoms with Gasteiger partial charge in [0.2, 0.25) is 5.88 Å². The van der Waals surface area contributed by atoms with Crippen molar-refractivity contribution in [1.82, 2.24) is 10.3 Å². The van der Waals surface area contributed by atoms with Gasteiger partial charge in [-0.3, -0.25) is 0 Å². The number of aromatic nitrogens is 1. The molecule has 3 rings (SSSR count). The first kappa shape index (κ1) is 17.8. The second-order valence-electron chi connectivity index (χ2n) is 6.01. The number of nitrogens with one attached hydrogen (secondary N) is 2. The molecule has 1 heterocycles. The Labute approximate surface area is 156 Å². The van der Waals surface area contributed by atoms with Crippen LogP contribution >= 0.6 is 23.2 Å². The molecular formula is C18H19Cl2N3O2. The molecule has 0 unspecified atom stereocenters. The van der Waals surface area contributed by atoms with E-state index in [0.29, 0.717) is 21.6 Å². The van der Waals surface area contributed by atoms with Crippen LogP contribution in [0, 0.1) is 0 Å². The maximum Gasteiger partial charge on any atom is 0.319 e. The summed E-state index contributed by atoms with van der Waals surface area (Å²) < 4.78 is 5.86. The predicted molar refractivity (Wildman–Crippen MR) is 99.5 cm³/mol. The number of rotatable bonds is 4. The van der Waals surface area contributed by atoms with Crippen LogP contribution in [0.1, 0.15) is 25.7 Å². The number of amides is 2. The lowest BCUT2D eigenvalue weighted by molar-refractivity contribution is 0.135. The van der Waals surface area contributed by atoms with Gasteiger partial charge in [0.25, 0.3) is 0 Å². The number of hydrogen-bond donors (Lipinski definition) is 2. The van der Waals surface area contributed by atoms with Gasteiger partial charge in [-0.05, 0) is 49.9 Å². The van der Waals surface area contributed by atoms with Crippen molar-refractivity contribution < 1.29 is 9.53 Å². The van der Waals surface area contributed by atoms with E-state index >= 15 is 0 Å². The minimum Gasteiger partial charge on any atom is -0.474 e. The standard InChI is InChI=1S/C18H19Cl2N3O2/c19-12-2-1-3-15(10-12)23-18(24)22-14-5-7-16(8-6-14)25-17-9-4-13(20)11-21-17/h1-4,9-11,14,16H,5-8H2,(H2,22,23,24). The van der Waals surface area contributed by atoms with Gasteiger partial charge in [-0.1, -0.05) is 29.3 Å². The zero-order valence-corrected chi connectivity index (χ0v) is 15.1. The number of urea groups is 1. The lowest BCUT2D eigenvalue weighted by atomic mass is 9.93. The zero-order valence-electron chi connectivity index (χ0n) is 13.5. The number of halogens is 2. The molecule has 5 nitrogen and oxygen atoms in total. The number of hydrogen-bond acceptors (Lipinski definition) is 3. The van der Waals surface area contributed by atoms with Gasteiger partial charge in [0, 0.05) is 29.0 Å². The van der Waals surface area contributed by atoms with Gasteiger partial charge in [0.15, 0.2) is 0 Å². The Bertz CT molecular complexity index is 717. The Morgan fingerprint density at radius 2 is 1.88 bits per heavy atom. The Balaban J connectivity index is 1.42. The lowest BCUT2D eigenvalue weighted by Gasteiger charge is -2.29. The summed E-state index contributed by atoms with van der Waals surface area (Å²) in [6.07, 6.45) is 5.15. The highest BCUT2D eigenvalue weighted by molar-refractivity contribution is 6.31. The molecule has 2 N–H and O–H groups in total. The monoisotopic (exact) mass is 379 g/mol. The van der Waals surface area contributed by atoms with Crippen molar-refractivity contribution in [3.63, 3.8) is 0 Å².